The number of nitrogens with zero attached hydrogens (tertiary/aromatic N) is 2. The standard InChI is InChI=1S/C15H23N3O2S/c1-17-8-6-13(7-9-17)16-14-3-4-15-12(11-14)5-10-18(15)21(2,19)20/h3-4,11,13,16H,5-10H2,1-2H3. The summed E-state index contributed by atoms with van der Waals surface area (Å²) in [5.74, 6) is 0. The lowest BCUT2D eigenvalue weighted by Crippen LogP contribution is -2.36. The highest BCUT2D eigenvalue weighted by molar-refractivity contribution is 7.92. The minimum Gasteiger partial charge on any atom is -0.382 e. The molecule has 1 saturated heterocycles. The molecule has 2 heterocycles. The molecule has 5 nitrogen and oxygen atoms in total. The molecule has 1 aromatic rings. The van der Waals surface area contributed by atoms with Gasteiger partial charge in [0.1, 0.15) is 0 Å². The van der Waals surface area contributed by atoms with Crippen LogP contribution in [0.4, 0.5) is 11.4 Å². The molecule has 2 aliphatic rings. The summed E-state index contributed by atoms with van der Waals surface area (Å²) < 4.78 is 25.0. The van der Waals surface area contributed by atoms with Crippen LogP contribution in [0.3, 0.4) is 0 Å². The van der Waals surface area contributed by atoms with Crippen molar-refractivity contribution in [1.29, 1.82) is 0 Å². The van der Waals surface area contributed by atoms with Gasteiger partial charge in [0.25, 0.3) is 0 Å². The zero-order chi connectivity index (χ0) is 15.0. The van der Waals surface area contributed by atoms with E-state index in [4.69, 9.17) is 0 Å². The minimum atomic E-state index is -3.15. The van der Waals surface area contributed by atoms with Crippen LogP contribution in [0.5, 0.6) is 0 Å². The van der Waals surface area contributed by atoms with E-state index < -0.39 is 10.0 Å². The summed E-state index contributed by atoms with van der Waals surface area (Å²) in [6, 6.07) is 6.56. The van der Waals surface area contributed by atoms with Crippen molar-refractivity contribution in [1.82, 2.24) is 4.90 Å². The lowest BCUT2D eigenvalue weighted by molar-refractivity contribution is 0.264. The van der Waals surface area contributed by atoms with Crippen LogP contribution in [0.25, 0.3) is 0 Å². The van der Waals surface area contributed by atoms with E-state index in [1.807, 2.05) is 12.1 Å². The molecule has 0 aliphatic carbocycles. The second-order valence-corrected chi connectivity index (χ2v) is 8.06. The number of sulfonamides is 1. The molecule has 0 saturated carbocycles. The molecule has 21 heavy (non-hydrogen) atoms. The van der Waals surface area contributed by atoms with Crippen LogP contribution >= 0.6 is 0 Å². The molecule has 1 N–H and O–H groups in total. The Balaban J connectivity index is 1.73. The van der Waals surface area contributed by atoms with E-state index in [-0.39, 0.29) is 0 Å². The number of hydrogen-bond acceptors (Lipinski definition) is 4. The highest BCUT2D eigenvalue weighted by atomic mass is 32.2. The van der Waals surface area contributed by atoms with E-state index in [9.17, 15) is 8.42 Å². The molecule has 116 valence electrons. The third kappa shape index (κ3) is 3.16. The van der Waals surface area contributed by atoms with Gasteiger partial charge in [0.2, 0.25) is 10.0 Å². The first-order valence-electron chi connectivity index (χ1n) is 7.49. The Labute approximate surface area is 127 Å². The van der Waals surface area contributed by atoms with Crippen molar-refractivity contribution in [2.24, 2.45) is 0 Å². The molecule has 0 aromatic heterocycles. The summed E-state index contributed by atoms with van der Waals surface area (Å²) >= 11 is 0. The van der Waals surface area contributed by atoms with Crippen molar-refractivity contribution < 1.29 is 8.42 Å². The predicted octanol–water partition coefficient (Wildman–Crippen LogP) is 1.51. The first-order valence-corrected chi connectivity index (χ1v) is 9.34. The zero-order valence-electron chi connectivity index (χ0n) is 12.7. The Hall–Kier alpha value is -1.27. The molecule has 6 heteroatoms. The fourth-order valence-electron chi connectivity index (χ4n) is 3.19. The van der Waals surface area contributed by atoms with Gasteiger partial charge in [-0.2, -0.15) is 0 Å². The molecular weight excluding hydrogens is 286 g/mol. The van der Waals surface area contributed by atoms with Crippen LogP contribution < -0.4 is 9.62 Å². The number of likely N-dealkylation sites (tertiary alicyclic amines) is 1. The maximum Gasteiger partial charge on any atom is 0.232 e. The van der Waals surface area contributed by atoms with E-state index in [1.54, 1.807) is 0 Å². The van der Waals surface area contributed by atoms with Crippen molar-refractivity contribution in [3.05, 3.63) is 23.8 Å². The Morgan fingerprint density at radius 1 is 1.19 bits per heavy atom. The van der Waals surface area contributed by atoms with Crippen molar-refractivity contribution in [3.63, 3.8) is 0 Å². The molecule has 1 fully saturated rings. The monoisotopic (exact) mass is 309 g/mol. The Morgan fingerprint density at radius 3 is 2.57 bits per heavy atom. The van der Waals surface area contributed by atoms with Crippen LogP contribution in [0, 0.1) is 0 Å². The van der Waals surface area contributed by atoms with Crippen molar-refractivity contribution in [2.75, 3.05) is 42.6 Å². The summed E-state index contributed by atoms with van der Waals surface area (Å²) in [7, 11) is -0.997. The molecule has 0 radical (unpaired) electrons. The topological polar surface area (TPSA) is 52.6 Å². The highest BCUT2D eigenvalue weighted by Crippen LogP contribution is 2.32. The van der Waals surface area contributed by atoms with E-state index in [0.717, 1.165) is 49.3 Å². The van der Waals surface area contributed by atoms with Crippen molar-refractivity contribution >= 4 is 21.4 Å². The van der Waals surface area contributed by atoms with Gasteiger partial charge in [-0.05, 0) is 63.2 Å². The zero-order valence-corrected chi connectivity index (χ0v) is 13.5. The van der Waals surface area contributed by atoms with Gasteiger partial charge in [0.15, 0.2) is 0 Å². The van der Waals surface area contributed by atoms with E-state index in [1.165, 1.54) is 10.6 Å². The van der Waals surface area contributed by atoms with Crippen molar-refractivity contribution in [3.8, 4) is 0 Å². The largest absolute Gasteiger partial charge is 0.382 e. The molecule has 0 atom stereocenters. The number of piperidine rings is 1. The Kier molecular flexibility index (Phi) is 3.84. The van der Waals surface area contributed by atoms with Gasteiger partial charge in [-0.15, -0.1) is 0 Å². The molecule has 0 unspecified atom stereocenters. The van der Waals surface area contributed by atoms with Crippen LogP contribution in [0.1, 0.15) is 18.4 Å². The lowest BCUT2D eigenvalue weighted by Gasteiger charge is -2.30. The van der Waals surface area contributed by atoms with Crippen LogP contribution in [-0.4, -0.2) is 52.3 Å². The molecule has 0 bridgehead atoms. The average Bonchev–Trinajstić information content (AvgIpc) is 2.84. The summed E-state index contributed by atoms with van der Waals surface area (Å²) in [5, 5.41) is 3.59. The van der Waals surface area contributed by atoms with Gasteiger partial charge >= 0.3 is 0 Å². The van der Waals surface area contributed by atoms with Crippen LogP contribution in [-0.2, 0) is 16.4 Å². The molecule has 2 aliphatic heterocycles. The third-order valence-corrected chi connectivity index (χ3v) is 5.60. The third-order valence-electron chi connectivity index (χ3n) is 4.42. The summed E-state index contributed by atoms with van der Waals surface area (Å²) in [5.41, 5.74) is 3.07. The van der Waals surface area contributed by atoms with Gasteiger partial charge in [0, 0.05) is 18.3 Å². The number of anilines is 2. The molecule has 0 amide bonds. The molecule has 0 spiro atoms. The van der Waals surface area contributed by atoms with Gasteiger partial charge in [-0.1, -0.05) is 0 Å². The van der Waals surface area contributed by atoms with Crippen molar-refractivity contribution in [2.45, 2.75) is 25.3 Å². The second-order valence-electron chi connectivity index (χ2n) is 6.15. The number of hydrogen-bond donors (Lipinski definition) is 1. The number of rotatable bonds is 3. The number of benzene rings is 1. The first-order chi connectivity index (χ1) is 9.93. The van der Waals surface area contributed by atoms with Crippen LogP contribution in [0.15, 0.2) is 18.2 Å². The van der Waals surface area contributed by atoms with Crippen LogP contribution in [0.2, 0.25) is 0 Å². The first kappa shape index (κ1) is 14.7. The quantitative estimate of drug-likeness (QED) is 0.920. The summed E-state index contributed by atoms with van der Waals surface area (Å²) in [4.78, 5) is 2.35. The fourth-order valence-corrected chi connectivity index (χ4v) is 4.15. The molecular formula is C15H23N3O2S. The van der Waals surface area contributed by atoms with Gasteiger partial charge in [-0.25, -0.2) is 8.42 Å². The Morgan fingerprint density at radius 2 is 1.90 bits per heavy atom. The minimum absolute atomic E-state index is 0.520. The van der Waals surface area contributed by atoms with E-state index >= 15 is 0 Å². The Bertz CT molecular complexity index is 622. The normalized spacial score (nSPS) is 20.6. The maximum absolute atomic E-state index is 11.7. The highest BCUT2D eigenvalue weighted by Gasteiger charge is 2.26. The second kappa shape index (κ2) is 5.50. The number of nitrogens with one attached hydrogen (secondary N) is 1. The fraction of sp³-hybridized carbons (Fsp3) is 0.600. The van der Waals surface area contributed by atoms with E-state index in [2.05, 4.69) is 23.3 Å². The number of fused-ring (bicyclic) bond motifs is 1. The molecule has 1 aromatic carbocycles. The summed E-state index contributed by atoms with van der Waals surface area (Å²) in [6.07, 6.45) is 4.38. The summed E-state index contributed by atoms with van der Waals surface area (Å²) in [6.45, 7) is 2.82. The van der Waals surface area contributed by atoms with Gasteiger partial charge < -0.3 is 10.2 Å². The average molecular weight is 309 g/mol. The smallest absolute Gasteiger partial charge is 0.232 e. The lowest BCUT2D eigenvalue weighted by atomic mass is 10.0. The molecule has 3 rings (SSSR count). The SMILES string of the molecule is CN1CCC(Nc2ccc3c(c2)CCN3S(C)(=O)=O)CC1. The van der Waals surface area contributed by atoms with Gasteiger partial charge in [0.05, 0.1) is 11.9 Å². The van der Waals surface area contributed by atoms with E-state index in [0.29, 0.717) is 12.6 Å². The maximum atomic E-state index is 11.7. The van der Waals surface area contributed by atoms with Gasteiger partial charge in [-0.3, -0.25) is 4.31 Å². The predicted molar refractivity (Wildman–Crippen MR) is 86.5 cm³/mol.